The second-order valence-electron chi connectivity index (χ2n) is 5.98. The van der Waals surface area contributed by atoms with Crippen LogP contribution in [0.15, 0.2) is 71.1 Å². The van der Waals surface area contributed by atoms with Crippen LogP contribution >= 0.6 is 22.9 Å². The van der Waals surface area contributed by atoms with Gasteiger partial charge in [0.05, 0.1) is 10.6 Å². The summed E-state index contributed by atoms with van der Waals surface area (Å²) in [5.41, 5.74) is 4.58. The number of nitrogens with zero attached hydrogens (tertiary/aromatic N) is 1. The van der Waals surface area contributed by atoms with Crippen LogP contribution < -0.4 is 15.5 Å². The molecule has 0 saturated heterocycles. The highest BCUT2D eigenvalue weighted by Gasteiger charge is 2.07. The van der Waals surface area contributed by atoms with E-state index >= 15 is 0 Å². The molecule has 0 unspecified atom stereocenters. The summed E-state index contributed by atoms with van der Waals surface area (Å²) in [5, 5.41) is 9.37. The summed E-state index contributed by atoms with van der Waals surface area (Å²) in [4.78, 5) is 24.6. The lowest BCUT2D eigenvalue weighted by molar-refractivity contribution is -0.123. The van der Waals surface area contributed by atoms with E-state index in [0.717, 1.165) is 5.56 Å². The van der Waals surface area contributed by atoms with E-state index in [1.54, 1.807) is 49.4 Å². The highest BCUT2D eigenvalue weighted by Crippen LogP contribution is 2.16. The van der Waals surface area contributed by atoms with Gasteiger partial charge in [0.1, 0.15) is 5.75 Å². The number of rotatable bonds is 7. The Labute approximate surface area is 177 Å². The summed E-state index contributed by atoms with van der Waals surface area (Å²) in [6, 6.07) is 17.5. The molecule has 0 saturated carbocycles. The number of amides is 2. The van der Waals surface area contributed by atoms with Crippen LogP contribution in [0.4, 0.5) is 5.69 Å². The van der Waals surface area contributed by atoms with Gasteiger partial charge in [-0.3, -0.25) is 9.59 Å². The van der Waals surface area contributed by atoms with Crippen LogP contribution in [-0.4, -0.2) is 24.1 Å². The molecule has 6 nitrogen and oxygen atoms in total. The standard InChI is InChI=1S/C21H18ClN3O3S/c1-14(24-25-20(26)13-28-18-10-6-16(22)7-11-18)15-4-8-17(9-5-15)23-21(27)19-3-2-12-29-19/h2-12H,13H2,1H3,(H,23,27)(H,25,26). The quantitative estimate of drug-likeness (QED) is 0.428. The third-order valence-corrected chi connectivity index (χ3v) is 4.96. The molecule has 2 N–H and O–H groups in total. The topological polar surface area (TPSA) is 79.8 Å². The van der Waals surface area contributed by atoms with Gasteiger partial charge in [0.2, 0.25) is 0 Å². The van der Waals surface area contributed by atoms with Crippen molar-refractivity contribution >= 4 is 46.2 Å². The van der Waals surface area contributed by atoms with Crippen LogP contribution in [0.2, 0.25) is 5.02 Å². The molecule has 8 heteroatoms. The molecule has 1 aromatic heterocycles. The maximum absolute atomic E-state index is 12.1. The first-order chi connectivity index (χ1) is 14.0. The van der Waals surface area contributed by atoms with Crippen LogP contribution in [0, 0.1) is 0 Å². The Morgan fingerprint density at radius 3 is 2.45 bits per heavy atom. The van der Waals surface area contributed by atoms with Gasteiger partial charge in [-0.25, -0.2) is 5.43 Å². The van der Waals surface area contributed by atoms with Crippen LogP contribution in [-0.2, 0) is 4.79 Å². The largest absolute Gasteiger partial charge is 0.484 e. The molecule has 0 radical (unpaired) electrons. The fourth-order valence-electron chi connectivity index (χ4n) is 2.32. The summed E-state index contributed by atoms with van der Waals surface area (Å²) >= 11 is 7.19. The monoisotopic (exact) mass is 427 g/mol. The van der Waals surface area contributed by atoms with Gasteiger partial charge in [-0.1, -0.05) is 29.8 Å². The third-order valence-electron chi connectivity index (χ3n) is 3.84. The van der Waals surface area contributed by atoms with Gasteiger partial charge >= 0.3 is 0 Å². The molecule has 148 valence electrons. The van der Waals surface area contributed by atoms with Crippen molar-refractivity contribution in [1.82, 2.24) is 5.43 Å². The highest BCUT2D eigenvalue weighted by atomic mass is 35.5. The van der Waals surface area contributed by atoms with Crippen molar-refractivity contribution in [2.45, 2.75) is 6.92 Å². The minimum atomic E-state index is -0.376. The van der Waals surface area contributed by atoms with Gasteiger partial charge in [-0.15, -0.1) is 11.3 Å². The molecular formula is C21H18ClN3O3S. The van der Waals surface area contributed by atoms with Crippen molar-refractivity contribution in [3.8, 4) is 5.75 Å². The smallest absolute Gasteiger partial charge is 0.277 e. The summed E-state index contributed by atoms with van der Waals surface area (Å²) in [6.07, 6.45) is 0. The van der Waals surface area contributed by atoms with Gasteiger partial charge in [-0.05, 0) is 60.3 Å². The molecule has 3 rings (SSSR count). The number of thiophene rings is 1. The van der Waals surface area contributed by atoms with E-state index in [1.165, 1.54) is 11.3 Å². The number of hydrogen-bond acceptors (Lipinski definition) is 5. The van der Waals surface area contributed by atoms with Crippen LogP contribution in [0.25, 0.3) is 0 Å². The lowest BCUT2D eigenvalue weighted by atomic mass is 10.1. The summed E-state index contributed by atoms with van der Waals surface area (Å²) < 4.78 is 5.36. The molecule has 2 amide bonds. The zero-order valence-electron chi connectivity index (χ0n) is 15.5. The number of hydrogen-bond donors (Lipinski definition) is 2. The third kappa shape index (κ3) is 6.17. The Morgan fingerprint density at radius 2 is 1.79 bits per heavy atom. The second kappa shape index (κ2) is 9.86. The molecule has 0 atom stereocenters. The van der Waals surface area contributed by atoms with Crippen molar-refractivity contribution in [2.75, 3.05) is 11.9 Å². The summed E-state index contributed by atoms with van der Waals surface area (Å²) in [5.74, 6) is 0.0238. The lowest BCUT2D eigenvalue weighted by Gasteiger charge is -2.07. The van der Waals surface area contributed by atoms with Gasteiger partial charge in [0.15, 0.2) is 6.61 Å². The Hall–Kier alpha value is -3.16. The lowest BCUT2D eigenvalue weighted by Crippen LogP contribution is -2.25. The van der Waals surface area contributed by atoms with E-state index in [-0.39, 0.29) is 18.4 Å². The predicted octanol–water partition coefficient (Wildman–Crippen LogP) is 4.57. The highest BCUT2D eigenvalue weighted by molar-refractivity contribution is 7.12. The average Bonchev–Trinajstić information content (AvgIpc) is 3.27. The molecular weight excluding hydrogens is 410 g/mol. The van der Waals surface area contributed by atoms with E-state index in [9.17, 15) is 9.59 Å². The molecule has 0 bridgehead atoms. The molecule has 1 heterocycles. The van der Waals surface area contributed by atoms with E-state index < -0.39 is 0 Å². The average molecular weight is 428 g/mol. The maximum Gasteiger partial charge on any atom is 0.277 e. The van der Waals surface area contributed by atoms with Gasteiger partial charge < -0.3 is 10.1 Å². The Kier molecular flexibility index (Phi) is 6.99. The molecule has 29 heavy (non-hydrogen) atoms. The zero-order chi connectivity index (χ0) is 20.6. The minimum absolute atomic E-state index is 0.147. The van der Waals surface area contributed by atoms with Crippen LogP contribution in [0.1, 0.15) is 22.2 Å². The number of hydrazone groups is 1. The van der Waals surface area contributed by atoms with E-state index in [2.05, 4.69) is 15.8 Å². The second-order valence-corrected chi connectivity index (χ2v) is 7.37. The molecule has 0 aliphatic carbocycles. The number of anilines is 1. The number of benzene rings is 2. The molecule has 3 aromatic rings. The Bertz CT molecular complexity index is 1000. The SMILES string of the molecule is CC(=NNC(=O)COc1ccc(Cl)cc1)c1ccc(NC(=O)c2cccs2)cc1. The molecule has 0 spiro atoms. The normalized spacial score (nSPS) is 11.0. The number of halogens is 1. The Morgan fingerprint density at radius 1 is 1.07 bits per heavy atom. The van der Waals surface area contributed by atoms with Crippen molar-refractivity contribution in [3.05, 3.63) is 81.5 Å². The van der Waals surface area contributed by atoms with Crippen molar-refractivity contribution in [3.63, 3.8) is 0 Å². The first-order valence-electron chi connectivity index (χ1n) is 8.68. The van der Waals surface area contributed by atoms with Crippen molar-refractivity contribution < 1.29 is 14.3 Å². The molecule has 2 aromatic carbocycles. The number of carbonyl (C=O) groups excluding carboxylic acids is 2. The predicted molar refractivity (Wildman–Crippen MR) is 116 cm³/mol. The van der Waals surface area contributed by atoms with E-state index in [1.807, 2.05) is 23.6 Å². The fourth-order valence-corrected chi connectivity index (χ4v) is 3.06. The zero-order valence-corrected chi connectivity index (χ0v) is 17.1. The molecule has 0 aliphatic rings. The van der Waals surface area contributed by atoms with Gasteiger partial charge in [-0.2, -0.15) is 5.10 Å². The van der Waals surface area contributed by atoms with Gasteiger partial charge in [0, 0.05) is 10.7 Å². The fraction of sp³-hybridized carbons (Fsp3) is 0.0952. The van der Waals surface area contributed by atoms with Crippen LogP contribution in [0.5, 0.6) is 5.75 Å². The first kappa shape index (κ1) is 20.6. The van der Waals surface area contributed by atoms with E-state index in [4.69, 9.17) is 16.3 Å². The van der Waals surface area contributed by atoms with Crippen molar-refractivity contribution in [2.24, 2.45) is 5.10 Å². The minimum Gasteiger partial charge on any atom is -0.484 e. The van der Waals surface area contributed by atoms with Crippen LogP contribution in [0.3, 0.4) is 0 Å². The van der Waals surface area contributed by atoms with Gasteiger partial charge in [0.25, 0.3) is 11.8 Å². The number of carbonyl (C=O) groups is 2. The van der Waals surface area contributed by atoms with E-state index in [0.29, 0.717) is 27.0 Å². The number of ether oxygens (including phenoxy) is 1. The Balaban J connectivity index is 1.50. The summed E-state index contributed by atoms with van der Waals surface area (Å²) in [6.45, 7) is 1.62. The molecule has 0 fully saturated rings. The number of nitrogens with one attached hydrogen (secondary N) is 2. The summed E-state index contributed by atoms with van der Waals surface area (Å²) in [7, 11) is 0. The van der Waals surface area contributed by atoms with Crippen molar-refractivity contribution in [1.29, 1.82) is 0 Å². The maximum atomic E-state index is 12.1. The molecule has 0 aliphatic heterocycles. The first-order valence-corrected chi connectivity index (χ1v) is 9.94.